The summed E-state index contributed by atoms with van der Waals surface area (Å²) in [5.74, 6) is -4.63. The largest absolute Gasteiger partial charge is 0.373 e. The van der Waals surface area contributed by atoms with Crippen LogP contribution < -0.4 is 10.2 Å². The third-order valence-electron chi connectivity index (χ3n) is 5.76. The van der Waals surface area contributed by atoms with Gasteiger partial charge in [-0.1, -0.05) is 18.7 Å². The molecule has 1 aliphatic carbocycles. The molecule has 35 heavy (non-hydrogen) atoms. The van der Waals surface area contributed by atoms with Crippen LogP contribution >= 0.6 is 0 Å². The Bertz CT molecular complexity index is 1240. The van der Waals surface area contributed by atoms with Crippen molar-refractivity contribution < 1.29 is 22.4 Å². The molecule has 3 aromatic rings. The van der Waals surface area contributed by atoms with E-state index in [1.165, 1.54) is 23.1 Å². The van der Waals surface area contributed by atoms with Gasteiger partial charge in [-0.05, 0) is 12.5 Å². The minimum absolute atomic E-state index is 0.0318. The van der Waals surface area contributed by atoms with Crippen LogP contribution in [0.4, 0.5) is 23.4 Å². The Balaban J connectivity index is 1.37. The maximum Gasteiger partial charge on any atom is 0.257 e. The Morgan fingerprint density at radius 2 is 2.09 bits per heavy atom. The van der Waals surface area contributed by atoms with Crippen LogP contribution in [-0.4, -0.2) is 56.9 Å². The van der Waals surface area contributed by atoms with E-state index in [4.69, 9.17) is 0 Å². The second-order valence-corrected chi connectivity index (χ2v) is 8.70. The fourth-order valence-corrected chi connectivity index (χ4v) is 3.73. The summed E-state index contributed by atoms with van der Waals surface area (Å²) >= 11 is 0. The Morgan fingerprint density at radius 3 is 2.74 bits per heavy atom. The highest BCUT2D eigenvalue weighted by atomic mass is 19.3. The molecule has 8 nitrogen and oxygen atoms in total. The molecule has 0 bridgehead atoms. The Labute approximate surface area is 199 Å². The summed E-state index contributed by atoms with van der Waals surface area (Å²) in [6.45, 7) is 4.13. The van der Waals surface area contributed by atoms with Crippen LogP contribution in [0, 0.1) is 11.6 Å². The van der Waals surface area contributed by atoms with Crippen molar-refractivity contribution in [3.63, 3.8) is 0 Å². The summed E-state index contributed by atoms with van der Waals surface area (Å²) in [5, 5.41) is 11.5. The molecule has 0 radical (unpaired) electrons. The minimum atomic E-state index is -2.72. The summed E-state index contributed by atoms with van der Waals surface area (Å²) < 4.78 is 57.2. The first-order chi connectivity index (χ1) is 16.6. The van der Waals surface area contributed by atoms with Crippen LogP contribution in [0.15, 0.2) is 37.2 Å². The first-order valence-electron chi connectivity index (χ1n) is 11.0. The zero-order valence-corrected chi connectivity index (χ0v) is 19.3. The number of halogens is 4. The molecule has 0 aliphatic heterocycles. The molecule has 1 fully saturated rings. The molecule has 1 aliphatic rings. The van der Waals surface area contributed by atoms with Crippen molar-refractivity contribution in [3.05, 3.63) is 65.9 Å². The van der Waals surface area contributed by atoms with E-state index in [0.29, 0.717) is 30.8 Å². The molecule has 0 saturated heterocycles. The molecule has 12 heteroatoms. The number of benzene rings is 1. The highest BCUT2D eigenvalue weighted by Crippen LogP contribution is 2.55. The lowest BCUT2D eigenvalue weighted by Crippen LogP contribution is -2.31. The maximum atomic E-state index is 13.9. The van der Waals surface area contributed by atoms with Crippen LogP contribution in [0.5, 0.6) is 0 Å². The average Bonchev–Trinajstić information content (AvgIpc) is 3.16. The average molecular weight is 491 g/mol. The molecule has 2 heterocycles. The van der Waals surface area contributed by atoms with Crippen LogP contribution in [0.1, 0.15) is 35.8 Å². The van der Waals surface area contributed by atoms with Gasteiger partial charge in [-0.15, -0.1) is 5.10 Å². The number of anilines is 1. The van der Waals surface area contributed by atoms with Crippen LogP contribution in [0.2, 0.25) is 0 Å². The highest BCUT2D eigenvalue weighted by molar-refractivity contribution is 5.64. The monoisotopic (exact) mass is 491 g/mol. The van der Waals surface area contributed by atoms with E-state index in [0.717, 1.165) is 6.07 Å². The normalized spacial score (nSPS) is 17.1. The van der Waals surface area contributed by atoms with E-state index in [-0.39, 0.29) is 30.1 Å². The number of rotatable bonds is 11. The second-order valence-electron chi connectivity index (χ2n) is 8.70. The van der Waals surface area contributed by atoms with E-state index in [9.17, 15) is 22.4 Å². The second kappa shape index (κ2) is 9.51. The van der Waals surface area contributed by atoms with Gasteiger partial charge in [-0.2, -0.15) is 5.10 Å². The van der Waals surface area contributed by atoms with Crippen molar-refractivity contribution in [1.29, 1.82) is 0 Å². The number of aldehydes is 1. The van der Waals surface area contributed by atoms with E-state index in [2.05, 4.69) is 27.1 Å². The van der Waals surface area contributed by atoms with Gasteiger partial charge in [0.25, 0.3) is 5.92 Å². The molecular formula is C23H25F4N7O. The summed E-state index contributed by atoms with van der Waals surface area (Å²) in [4.78, 5) is 17.6. The smallest absolute Gasteiger partial charge is 0.257 e. The van der Waals surface area contributed by atoms with Crippen LogP contribution in [-0.2, 0) is 17.9 Å². The molecule has 2 aromatic heterocycles. The molecule has 0 spiro atoms. The lowest BCUT2D eigenvalue weighted by Gasteiger charge is -2.17. The standard InChI is InChI=1S/C23H25F4N7O/c1-14(22-28-13-33(31-22)11-15-5-4-6-18(24)21(15)25)29-16(12-35)7-8-34-20(32(2)3)9-19(30-34)17-10-23(17,26)27/h4-6,9,12-13,16-17,29H,1,7-8,10-11H2,2-3H3/t16-,17-/m0/s1. The first-order valence-corrected chi connectivity index (χ1v) is 11.0. The predicted molar refractivity (Wildman–Crippen MR) is 121 cm³/mol. The number of aromatic nitrogens is 5. The molecule has 1 aromatic carbocycles. The quantitative estimate of drug-likeness (QED) is 0.328. The van der Waals surface area contributed by atoms with Crippen LogP contribution in [0.3, 0.4) is 0 Å². The van der Waals surface area contributed by atoms with Crippen molar-refractivity contribution >= 4 is 17.8 Å². The van der Waals surface area contributed by atoms with Gasteiger partial charge in [0, 0.05) is 38.7 Å². The Morgan fingerprint density at radius 1 is 1.34 bits per heavy atom. The summed E-state index contributed by atoms with van der Waals surface area (Å²) in [6.07, 6.45) is 2.16. The van der Waals surface area contributed by atoms with E-state index >= 15 is 0 Å². The Kier molecular flexibility index (Phi) is 6.64. The number of carbonyl (C=O) groups excluding carboxylic acids is 1. The lowest BCUT2D eigenvalue weighted by atomic mass is 10.2. The molecule has 0 amide bonds. The lowest BCUT2D eigenvalue weighted by molar-refractivity contribution is -0.109. The zero-order chi connectivity index (χ0) is 25.3. The first kappa shape index (κ1) is 24.4. The number of hydrogen-bond acceptors (Lipinski definition) is 6. The molecular weight excluding hydrogens is 466 g/mol. The van der Waals surface area contributed by atoms with Gasteiger partial charge in [0.05, 0.1) is 29.9 Å². The third kappa shape index (κ3) is 5.36. The van der Waals surface area contributed by atoms with E-state index < -0.39 is 29.5 Å². The van der Waals surface area contributed by atoms with Crippen molar-refractivity contribution in [3.8, 4) is 0 Å². The fourth-order valence-electron chi connectivity index (χ4n) is 3.73. The van der Waals surface area contributed by atoms with Gasteiger partial charge in [0.2, 0.25) is 0 Å². The summed E-state index contributed by atoms with van der Waals surface area (Å²) in [7, 11) is 3.58. The number of nitrogens with one attached hydrogen (secondary N) is 1. The topological polar surface area (TPSA) is 80.9 Å². The number of carbonyl (C=O) groups is 1. The van der Waals surface area contributed by atoms with Gasteiger partial charge in [-0.3, -0.25) is 0 Å². The van der Waals surface area contributed by atoms with Gasteiger partial charge in [-0.25, -0.2) is 31.9 Å². The van der Waals surface area contributed by atoms with Crippen LogP contribution in [0.25, 0.3) is 5.70 Å². The molecule has 0 unspecified atom stereocenters. The van der Waals surface area contributed by atoms with Gasteiger partial charge >= 0.3 is 0 Å². The molecule has 1 saturated carbocycles. The molecule has 186 valence electrons. The fraction of sp³-hybridized carbons (Fsp3) is 0.391. The molecule has 2 atom stereocenters. The summed E-state index contributed by atoms with van der Waals surface area (Å²) in [5.41, 5.74) is 0.723. The van der Waals surface area contributed by atoms with Crippen molar-refractivity contribution in [2.75, 3.05) is 19.0 Å². The van der Waals surface area contributed by atoms with E-state index in [1.807, 2.05) is 0 Å². The SMILES string of the molecule is C=C(N[C@H](C=O)CCn1nc([C@@H]2CC2(F)F)cc1N(C)C)c1ncn(Cc2cccc(F)c2F)n1. The zero-order valence-electron chi connectivity index (χ0n) is 19.3. The molecule has 4 rings (SSSR count). The summed E-state index contributed by atoms with van der Waals surface area (Å²) in [6, 6.07) is 4.86. The number of nitrogens with zero attached hydrogens (tertiary/aromatic N) is 6. The molecule has 1 N–H and O–H groups in total. The predicted octanol–water partition coefficient (Wildman–Crippen LogP) is 3.21. The van der Waals surface area contributed by atoms with Crippen molar-refractivity contribution in [2.24, 2.45) is 0 Å². The number of hydrogen-bond donors (Lipinski definition) is 1. The van der Waals surface area contributed by atoms with E-state index in [1.54, 1.807) is 29.7 Å². The van der Waals surface area contributed by atoms with Gasteiger partial charge in [0.1, 0.15) is 18.4 Å². The van der Waals surface area contributed by atoms with Crippen molar-refractivity contribution in [2.45, 2.75) is 43.8 Å². The highest BCUT2D eigenvalue weighted by Gasteiger charge is 2.59. The number of alkyl halides is 2. The Hall–Kier alpha value is -3.70. The third-order valence-corrected chi connectivity index (χ3v) is 5.76. The number of aryl methyl sites for hydroxylation is 1. The minimum Gasteiger partial charge on any atom is -0.373 e. The maximum absolute atomic E-state index is 13.9. The van der Waals surface area contributed by atoms with Crippen molar-refractivity contribution in [1.82, 2.24) is 29.9 Å². The van der Waals surface area contributed by atoms with Gasteiger partial charge in [0.15, 0.2) is 17.5 Å². The van der Waals surface area contributed by atoms with Gasteiger partial charge < -0.3 is 15.0 Å².